The van der Waals surface area contributed by atoms with Gasteiger partial charge in [0.05, 0.1) is 18.4 Å². The van der Waals surface area contributed by atoms with Gasteiger partial charge in [0, 0.05) is 0 Å². The van der Waals surface area contributed by atoms with E-state index in [2.05, 4.69) is 15.6 Å². The van der Waals surface area contributed by atoms with Gasteiger partial charge in [-0.15, -0.1) is 5.10 Å². The SMILES string of the molecule is O=C(NCC(O)C(=O)O)c1cn(-c2ccccc2)nn1. The molecular weight excluding hydrogens is 264 g/mol. The summed E-state index contributed by atoms with van der Waals surface area (Å²) >= 11 is 0. The van der Waals surface area contributed by atoms with Crippen LogP contribution in [0.4, 0.5) is 0 Å². The van der Waals surface area contributed by atoms with E-state index in [9.17, 15) is 9.59 Å². The van der Waals surface area contributed by atoms with Gasteiger partial charge in [-0.05, 0) is 12.1 Å². The first-order valence-electron chi connectivity index (χ1n) is 5.75. The lowest BCUT2D eigenvalue weighted by molar-refractivity contribution is -0.146. The van der Waals surface area contributed by atoms with Crippen molar-refractivity contribution >= 4 is 11.9 Å². The largest absolute Gasteiger partial charge is 0.479 e. The number of amides is 1. The van der Waals surface area contributed by atoms with E-state index in [1.807, 2.05) is 18.2 Å². The Morgan fingerprint density at radius 3 is 2.65 bits per heavy atom. The molecular formula is C12H12N4O4. The zero-order chi connectivity index (χ0) is 14.5. The number of nitrogens with zero attached hydrogens (tertiary/aromatic N) is 3. The van der Waals surface area contributed by atoms with Crippen LogP contribution in [0.5, 0.6) is 0 Å². The van der Waals surface area contributed by atoms with Gasteiger partial charge in [-0.2, -0.15) is 0 Å². The van der Waals surface area contributed by atoms with E-state index >= 15 is 0 Å². The normalized spacial score (nSPS) is 11.8. The molecule has 2 aromatic rings. The molecule has 0 aliphatic rings. The molecule has 1 heterocycles. The second-order valence-corrected chi connectivity index (χ2v) is 3.95. The first kappa shape index (κ1) is 13.7. The molecule has 8 heteroatoms. The molecule has 0 saturated heterocycles. The molecule has 1 unspecified atom stereocenters. The molecule has 0 saturated carbocycles. The summed E-state index contributed by atoms with van der Waals surface area (Å²) in [5.74, 6) is -2.01. The average molecular weight is 276 g/mol. The Labute approximate surface area is 113 Å². The van der Waals surface area contributed by atoms with Crippen molar-refractivity contribution in [1.82, 2.24) is 20.3 Å². The second kappa shape index (κ2) is 5.93. The van der Waals surface area contributed by atoms with E-state index in [1.165, 1.54) is 10.9 Å². The quantitative estimate of drug-likeness (QED) is 0.674. The number of benzene rings is 1. The van der Waals surface area contributed by atoms with Crippen LogP contribution in [0.15, 0.2) is 36.5 Å². The van der Waals surface area contributed by atoms with Crippen LogP contribution in [0.25, 0.3) is 5.69 Å². The van der Waals surface area contributed by atoms with Gasteiger partial charge in [0.2, 0.25) is 0 Å². The molecule has 20 heavy (non-hydrogen) atoms. The number of hydrogen-bond acceptors (Lipinski definition) is 5. The number of aliphatic hydroxyl groups is 1. The van der Waals surface area contributed by atoms with Gasteiger partial charge in [0.25, 0.3) is 5.91 Å². The number of carbonyl (C=O) groups is 2. The van der Waals surface area contributed by atoms with Crippen molar-refractivity contribution in [1.29, 1.82) is 0 Å². The number of carboxylic acid groups (broad SMARTS) is 1. The summed E-state index contributed by atoms with van der Waals surface area (Å²) in [6.07, 6.45) is -0.235. The fourth-order valence-corrected chi connectivity index (χ4v) is 1.44. The summed E-state index contributed by atoms with van der Waals surface area (Å²) in [5, 5.41) is 27.3. The molecule has 0 spiro atoms. The number of aromatic nitrogens is 3. The lowest BCUT2D eigenvalue weighted by Gasteiger charge is -2.05. The van der Waals surface area contributed by atoms with Gasteiger partial charge in [0.1, 0.15) is 0 Å². The predicted molar refractivity (Wildman–Crippen MR) is 67.3 cm³/mol. The number of nitrogens with one attached hydrogen (secondary N) is 1. The molecule has 8 nitrogen and oxygen atoms in total. The van der Waals surface area contributed by atoms with E-state index < -0.39 is 24.5 Å². The smallest absolute Gasteiger partial charge is 0.334 e. The van der Waals surface area contributed by atoms with E-state index in [0.29, 0.717) is 0 Å². The minimum absolute atomic E-state index is 0.0337. The van der Waals surface area contributed by atoms with Gasteiger partial charge in [-0.25, -0.2) is 9.48 Å². The van der Waals surface area contributed by atoms with Crippen molar-refractivity contribution in [2.45, 2.75) is 6.10 Å². The maximum Gasteiger partial charge on any atom is 0.334 e. The second-order valence-electron chi connectivity index (χ2n) is 3.95. The fraction of sp³-hybridized carbons (Fsp3) is 0.167. The Kier molecular flexibility index (Phi) is 4.06. The van der Waals surface area contributed by atoms with Crippen molar-refractivity contribution < 1.29 is 19.8 Å². The molecule has 1 atom stereocenters. The maximum atomic E-state index is 11.7. The number of carbonyl (C=O) groups excluding carboxylic acids is 1. The van der Waals surface area contributed by atoms with Gasteiger partial charge < -0.3 is 15.5 Å². The molecule has 1 amide bonds. The minimum Gasteiger partial charge on any atom is -0.479 e. The highest BCUT2D eigenvalue weighted by atomic mass is 16.4. The first-order chi connectivity index (χ1) is 9.58. The zero-order valence-electron chi connectivity index (χ0n) is 10.3. The number of para-hydroxylation sites is 1. The van der Waals surface area contributed by atoms with Gasteiger partial charge in [0.15, 0.2) is 11.8 Å². The van der Waals surface area contributed by atoms with Crippen LogP contribution in [0, 0.1) is 0 Å². The van der Waals surface area contributed by atoms with Crippen molar-refractivity contribution in [3.63, 3.8) is 0 Å². The Hall–Kier alpha value is -2.74. The number of aliphatic hydroxyl groups excluding tert-OH is 1. The summed E-state index contributed by atoms with van der Waals surface area (Å²) in [4.78, 5) is 22.1. The van der Waals surface area contributed by atoms with Gasteiger partial charge in [-0.3, -0.25) is 4.79 Å². The fourth-order valence-electron chi connectivity index (χ4n) is 1.44. The monoisotopic (exact) mass is 276 g/mol. The van der Waals surface area contributed by atoms with Gasteiger partial charge in [-0.1, -0.05) is 23.4 Å². The molecule has 0 bridgehead atoms. The molecule has 0 radical (unpaired) electrons. The standard InChI is InChI=1S/C12H12N4O4/c17-10(12(19)20)6-13-11(18)9-7-16(15-14-9)8-4-2-1-3-5-8/h1-5,7,10,17H,6H2,(H,13,18)(H,19,20). The third-order valence-corrected chi connectivity index (χ3v) is 2.49. The number of hydrogen-bond donors (Lipinski definition) is 3. The number of carboxylic acids is 1. The third-order valence-electron chi connectivity index (χ3n) is 2.49. The van der Waals surface area contributed by atoms with E-state index in [0.717, 1.165) is 5.69 Å². The van der Waals surface area contributed by atoms with Crippen molar-refractivity contribution in [2.75, 3.05) is 6.54 Å². The van der Waals surface area contributed by atoms with Crippen LogP contribution in [0.2, 0.25) is 0 Å². The Balaban J connectivity index is 2.02. The number of rotatable bonds is 5. The summed E-state index contributed by atoms with van der Waals surface area (Å²) in [6, 6.07) is 9.08. The molecule has 0 aliphatic heterocycles. The number of aliphatic carboxylic acids is 1. The van der Waals surface area contributed by atoms with Crippen LogP contribution in [0.3, 0.4) is 0 Å². The molecule has 3 N–H and O–H groups in total. The van der Waals surface area contributed by atoms with Crippen molar-refractivity contribution in [3.05, 3.63) is 42.2 Å². The van der Waals surface area contributed by atoms with Crippen molar-refractivity contribution in [2.24, 2.45) is 0 Å². The van der Waals surface area contributed by atoms with Crippen LogP contribution in [0.1, 0.15) is 10.5 Å². The highest BCUT2D eigenvalue weighted by Gasteiger charge is 2.16. The summed E-state index contributed by atoms with van der Waals surface area (Å²) in [6.45, 7) is -0.396. The zero-order valence-corrected chi connectivity index (χ0v) is 10.3. The Morgan fingerprint density at radius 1 is 1.30 bits per heavy atom. The van der Waals surface area contributed by atoms with E-state index in [-0.39, 0.29) is 5.69 Å². The van der Waals surface area contributed by atoms with Gasteiger partial charge >= 0.3 is 5.97 Å². The maximum absolute atomic E-state index is 11.7. The van der Waals surface area contributed by atoms with Crippen LogP contribution >= 0.6 is 0 Å². The van der Waals surface area contributed by atoms with Crippen LogP contribution < -0.4 is 5.32 Å². The molecule has 1 aromatic carbocycles. The first-order valence-corrected chi connectivity index (χ1v) is 5.75. The van der Waals surface area contributed by atoms with E-state index in [1.54, 1.807) is 12.1 Å². The van der Waals surface area contributed by atoms with Crippen LogP contribution in [-0.4, -0.2) is 49.7 Å². The summed E-state index contributed by atoms with van der Waals surface area (Å²) in [7, 11) is 0. The molecule has 0 fully saturated rings. The lowest BCUT2D eigenvalue weighted by Crippen LogP contribution is -2.36. The lowest BCUT2D eigenvalue weighted by atomic mass is 10.3. The highest BCUT2D eigenvalue weighted by Crippen LogP contribution is 2.05. The highest BCUT2D eigenvalue weighted by molar-refractivity contribution is 5.92. The van der Waals surface area contributed by atoms with Crippen LogP contribution in [-0.2, 0) is 4.79 Å². The molecule has 2 rings (SSSR count). The van der Waals surface area contributed by atoms with Crippen molar-refractivity contribution in [3.8, 4) is 5.69 Å². The predicted octanol–water partition coefficient (Wildman–Crippen LogP) is -0.557. The minimum atomic E-state index is -1.65. The molecule has 1 aromatic heterocycles. The topological polar surface area (TPSA) is 117 Å². The summed E-state index contributed by atoms with van der Waals surface area (Å²) in [5.41, 5.74) is 0.774. The van der Waals surface area contributed by atoms with E-state index in [4.69, 9.17) is 10.2 Å². The summed E-state index contributed by atoms with van der Waals surface area (Å²) < 4.78 is 1.42. The Bertz CT molecular complexity index is 611. The molecule has 0 aliphatic carbocycles. The molecule has 104 valence electrons. The third kappa shape index (κ3) is 3.18. The average Bonchev–Trinajstić information content (AvgIpc) is 2.95. The Morgan fingerprint density at radius 2 is 2.00 bits per heavy atom.